The molecule has 4 rings (SSSR count). The highest BCUT2D eigenvalue weighted by Gasteiger charge is 2.37. The second-order valence-electron chi connectivity index (χ2n) is 5.59. The van der Waals surface area contributed by atoms with E-state index in [1.165, 1.54) is 0 Å². The topological polar surface area (TPSA) is 122 Å². The SMILES string of the molecule is CCOC(=O)C1=C(Nc2cc[nH]n2)O/C(=C\c2c[nH]c3ncccc23)C1=O. The van der Waals surface area contributed by atoms with Crippen LogP contribution in [0, 0.1) is 0 Å². The lowest BCUT2D eigenvalue weighted by Gasteiger charge is -2.05. The van der Waals surface area contributed by atoms with Gasteiger partial charge in [0.05, 0.1) is 6.61 Å². The van der Waals surface area contributed by atoms with Crippen molar-refractivity contribution in [3.8, 4) is 0 Å². The van der Waals surface area contributed by atoms with Gasteiger partial charge in [0.1, 0.15) is 5.65 Å². The summed E-state index contributed by atoms with van der Waals surface area (Å²) in [6.45, 7) is 1.80. The third kappa shape index (κ3) is 3.06. The van der Waals surface area contributed by atoms with Crippen molar-refractivity contribution >= 4 is 34.7 Å². The molecule has 0 spiro atoms. The number of ketones is 1. The molecule has 0 saturated heterocycles. The van der Waals surface area contributed by atoms with E-state index in [9.17, 15) is 9.59 Å². The third-order valence-electron chi connectivity index (χ3n) is 3.88. The Balaban J connectivity index is 1.70. The molecule has 0 atom stereocenters. The van der Waals surface area contributed by atoms with Gasteiger partial charge in [-0.25, -0.2) is 9.78 Å². The van der Waals surface area contributed by atoms with Crippen LogP contribution < -0.4 is 5.32 Å². The van der Waals surface area contributed by atoms with E-state index in [1.54, 1.807) is 43.7 Å². The summed E-state index contributed by atoms with van der Waals surface area (Å²) in [5, 5.41) is 10.2. The summed E-state index contributed by atoms with van der Waals surface area (Å²) in [6.07, 6.45) is 6.53. The number of aromatic nitrogens is 4. The number of nitrogens with zero attached hydrogens (tertiary/aromatic N) is 2. The van der Waals surface area contributed by atoms with Gasteiger partial charge in [-0.1, -0.05) is 0 Å². The minimum atomic E-state index is -0.760. The first-order chi connectivity index (χ1) is 13.2. The van der Waals surface area contributed by atoms with E-state index in [0.29, 0.717) is 17.0 Å². The lowest BCUT2D eigenvalue weighted by atomic mass is 10.1. The van der Waals surface area contributed by atoms with Crippen molar-refractivity contribution < 1.29 is 19.1 Å². The minimum absolute atomic E-state index is 0.000779. The van der Waals surface area contributed by atoms with Gasteiger partial charge in [-0.2, -0.15) is 5.10 Å². The zero-order chi connectivity index (χ0) is 18.8. The number of carbonyl (C=O) groups is 2. The van der Waals surface area contributed by atoms with Crippen molar-refractivity contribution in [1.82, 2.24) is 20.2 Å². The molecule has 27 heavy (non-hydrogen) atoms. The summed E-state index contributed by atoms with van der Waals surface area (Å²) in [4.78, 5) is 32.3. The molecule has 136 valence electrons. The standard InChI is InChI=1S/C18H15N5O4/c1-2-26-18(25)14-15(24)12(27-17(14)22-13-5-7-21-23-13)8-10-9-20-16-11(10)4-3-6-19-16/h3-9H,2H2,1H3,(H,19,20)(H2,21,22,23)/b12-8-. The molecule has 4 heterocycles. The molecule has 0 amide bonds. The van der Waals surface area contributed by atoms with Crippen LogP contribution >= 0.6 is 0 Å². The quantitative estimate of drug-likeness (QED) is 0.359. The number of hydrogen-bond donors (Lipinski definition) is 3. The highest BCUT2D eigenvalue weighted by molar-refractivity contribution is 6.26. The number of carbonyl (C=O) groups excluding carboxylic acids is 2. The van der Waals surface area contributed by atoms with Crippen molar-refractivity contribution in [2.45, 2.75) is 6.92 Å². The zero-order valence-electron chi connectivity index (χ0n) is 14.3. The number of hydrogen-bond acceptors (Lipinski definition) is 7. The Morgan fingerprint density at radius 1 is 1.41 bits per heavy atom. The molecule has 9 nitrogen and oxygen atoms in total. The number of allylic oxidation sites excluding steroid dienone is 1. The maximum Gasteiger partial charge on any atom is 0.347 e. The number of nitrogens with one attached hydrogen (secondary N) is 3. The Labute approximate surface area is 153 Å². The molecule has 0 radical (unpaired) electrons. The fourth-order valence-electron chi connectivity index (χ4n) is 2.69. The van der Waals surface area contributed by atoms with Crippen molar-refractivity contribution in [1.29, 1.82) is 0 Å². The van der Waals surface area contributed by atoms with Crippen LogP contribution in [0.2, 0.25) is 0 Å². The number of Topliss-reactive ketones (excluding diaryl/α,β-unsaturated/α-hetero) is 1. The number of fused-ring (bicyclic) bond motifs is 1. The first kappa shape index (κ1) is 16.6. The number of aromatic amines is 2. The van der Waals surface area contributed by atoms with Crippen LogP contribution in [-0.4, -0.2) is 38.5 Å². The van der Waals surface area contributed by atoms with E-state index in [0.717, 1.165) is 5.39 Å². The molecule has 3 aromatic heterocycles. The average molecular weight is 365 g/mol. The van der Waals surface area contributed by atoms with Gasteiger partial charge < -0.3 is 19.8 Å². The Hall–Kier alpha value is -3.88. The second-order valence-corrected chi connectivity index (χ2v) is 5.59. The number of anilines is 1. The van der Waals surface area contributed by atoms with Gasteiger partial charge in [-0.3, -0.25) is 9.89 Å². The summed E-state index contributed by atoms with van der Waals surface area (Å²) < 4.78 is 10.6. The van der Waals surface area contributed by atoms with Crippen molar-refractivity contribution in [2.24, 2.45) is 0 Å². The number of esters is 1. The molecule has 0 bridgehead atoms. The zero-order valence-corrected chi connectivity index (χ0v) is 14.3. The summed E-state index contributed by atoms with van der Waals surface area (Å²) >= 11 is 0. The summed E-state index contributed by atoms with van der Waals surface area (Å²) in [5.74, 6) is -0.943. The van der Waals surface area contributed by atoms with E-state index >= 15 is 0 Å². The molecule has 9 heteroatoms. The number of rotatable bonds is 5. The lowest BCUT2D eigenvalue weighted by molar-refractivity contribution is -0.139. The van der Waals surface area contributed by atoms with E-state index in [2.05, 4.69) is 25.5 Å². The summed E-state index contributed by atoms with van der Waals surface area (Å²) in [5.41, 5.74) is 1.19. The van der Waals surface area contributed by atoms with Gasteiger partial charge in [0.15, 0.2) is 17.2 Å². The number of pyridine rings is 1. The highest BCUT2D eigenvalue weighted by atomic mass is 16.5. The first-order valence-corrected chi connectivity index (χ1v) is 8.22. The predicted octanol–water partition coefficient (Wildman–Crippen LogP) is 2.11. The Morgan fingerprint density at radius 3 is 3.07 bits per heavy atom. The molecule has 3 aromatic rings. The van der Waals surface area contributed by atoms with Crippen molar-refractivity contribution in [3.63, 3.8) is 0 Å². The molecular formula is C18H15N5O4. The molecule has 0 fully saturated rings. The Morgan fingerprint density at radius 2 is 2.30 bits per heavy atom. The van der Waals surface area contributed by atoms with Gasteiger partial charge in [0.25, 0.3) is 0 Å². The second kappa shape index (κ2) is 6.79. The summed E-state index contributed by atoms with van der Waals surface area (Å²) in [7, 11) is 0. The van der Waals surface area contributed by atoms with Gasteiger partial charge >= 0.3 is 5.97 Å². The Bertz CT molecular complexity index is 1080. The predicted molar refractivity (Wildman–Crippen MR) is 96.0 cm³/mol. The first-order valence-electron chi connectivity index (χ1n) is 8.22. The smallest absolute Gasteiger partial charge is 0.347 e. The van der Waals surface area contributed by atoms with Gasteiger partial charge in [0.2, 0.25) is 11.7 Å². The van der Waals surface area contributed by atoms with Gasteiger partial charge in [-0.05, 0) is 25.1 Å². The van der Waals surface area contributed by atoms with Crippen LogP contribution in [-0.2, 0) is 19.1 Å². The van der Waals surface area contributed by atoms with Crippen molar-refractivity contribution in [3.05, 3.63) is 59.6 Å². The van der Waals surface area contributed by atoms with Crippen LogP contribution in [0.4, 0.5) is 5.82 Å². The molecule has 0 aliphatic carbocycles. The molecule has 0 aromatic carbocycles. The van der Waals surface area contributed by atoms with Crippen LogP contribution in [0.15, 0.2) is 54.0 Å². The summed E-state index contributed by atoms with van der Waals surface area (Å²) in [6, 6.07) is 5.30. The largest absolute Gasteiger partial charge is 0.462 e. The highest BCUT2D eigenvalue weighted by Crippen LogP contribution is 2.29. The van der Waals surface area contributed by atoms with Crippen molar-refractivity contribution in [2.75, 3.05) is 11.9 Å². The number of H-pyrrole nitrogens is 2. The molecular weight excluding hydrogens is 350 g/mol. The monoisotopic (exact) mass is 365 g/mol. The molecule has 1 aliphatic heterocycles. The lowest BCUT2D eigenvalue weighted by Crippen LogP contribution is -2.16. The maximum absolute atomic E-state index is 12.8. The van der Waals surface area contributed by atoms with Crippen LogP contribution in [0.3, 0.4) is 0 Å². The third-order valence-corrected chi connectivity index (χ3v) is 3.88. The molecule has 3 N–H and O–H groups in total. The van der Waals surface area contributed by atoms with E-state index < -0.39 is 11.8 Å². The van der Waals surface area contributed by atoms with Gasteiger partial charge in [-0.15, -0.1) is 0 Å². The fraction of sp³-hybridized carbons (Fsp3) is 0.111. The van der Waals surface area contributed by atoms with Crippen LogP contribution in [0.25, 0.3) is 17.1 Å². The van der Waals surface area contributed by atoms with Crippen LogP contribution in [0.5, 0.6) is 0 Å². The fourth-order valence-corrected chi connectivity index (χ4v) is 2.69. The molecule has 0 unspecified atom stereocenters. The van der Waals surface area contributed by atoms with E-state index in [1.807, 2.05) is 6.07 Å². The van der Waals surface area contributed by atoms with E-state index in [4.69, 9.17) is 9.47 Å². The Kier molecular flexibility index (Phi) is 4.17. The van der Waals surface area contributed by atoms with Gasteiger partial charge in [0, 0.05) is 35.6 Å². The molecule has 1 aliphatic rings. The maximum atomic E-state index is 12.8. The van der Waals surface area contributed by atoms with Crippen LogP contribution in [0.1, 0.15) is 12.5 Å². The normalized spacial score (nSPS) is 15.4. The minimum Gasteiger partial charge on any atom is -0.462 e. The average Bonchev–Trinajstić information content (AvgIpc) is 3.37. The molecule has 0 saturated carbocycles. The number of ether oxygens (including phenoxy) is 2. The van der Waals surface area contributed by atoms with E-state index in [-0.39, 0.29) is 23.8 Å².